The molecular formula is C20H19N3O. The van der Waals surface area contributed by atoms with Crippen molar-refractivity contribution in [2.24, 2.45) is 5.16 Å². The third kappa shape index (κ3) is 4.26. The minimum atomic E-state index is 0.462. The van der Waals surface area contributed by atoms with Gasteiger partial charge in [-0.1, -0.05) is 65.8 Å². The number of benzene rings is 2. The lowest BCUT2D eigenvalue weighted by atomic mass is 10.1. The zero-order chi connectivity index (χ0) is 16.8. The molecule has 3 rings (SSSR count). The van der Waals surface area contributed by atoms with Crippen LogP contribution in [0, 0.1) is 6.92 Å². The van der Waals surface area contributed by atoms with Crippen LogP contribution in [0.25, 0.3) is 0 Å². The molecule has 0 amide bonds. The fourth-order valence-corrected chi connectivity index (χ4v) is 2.35. The number of hydrogen-bond donors (Lipinski definition) is 0. The summed E-state index contributed by atoms with van der Waals surface area (Å²) in [6, 6.07) is 21.8. The summed E-state index contributed by atoms with van der Waals surface area (Å²) in [4.78, 5) is 14.4. The highest BCUT2D eigenvalue weighted by molar-refractivity contribution is 5.98. The Hall–Kier alpha value is -3.01. The third-order valence-corrected chi connectivity index (χ3v) is 3.55. The van der Waals surface area contributed by atoms with Crippen LogP contribution < -0.4 is 4.84 Å². The minimum Gasteiger partial charge on any atom is -0.336 e. The van der Waals surface area contributed by atoms with Crippen LogP contribution in [0.4, 0.5) is 0 Å². The molecule has 0 N–H and O–H groups in total. The predicted molar refractivity (Wildman–Crippen MR) is 95.3 cm³/mol. The van der Waals surface area contributed by atoms with Crippen molar-refractivity contribution >= 4 is 5.71 Å². The van der Waals surface area contributed by atoms with E-state index < -0.39 is 0 Å². The summed E-state index contributed by atoms with van der Waals surface area (Å²) in [5.74, 6) is 1.19. The second-order valence-electron chi connectivity index (χ2n) is 5.56. The van der Waals surface area contributed by atoms with Gasteiger partial charge in [-0.2, -0.15) is 4.98 Å². The van der Waals surface area contributed by atoms with E-state index in [-0.39, 0.29) is 0 Å². The molecule has 0 aliphatic carbocycles. The molecule has 0 radical (unpaired) electrons. The quantitative estimate of drug-likeness (QED) is 0.524. The lowest BCUT2D eigenvalue weighted by Crippen LogP contribution is -2.02. The molecule has 1 heterocycles. The van der Waals surface area contributed by atoms with Crippen LogP contribution in [0.15, 0.2) is 71.9 Å². The van der Waals surface area contributed by atoms with Crippen molar-refractivity contribution in [1.82, 2.24) is 9.97 Å². The highest BCUT2D eigenvalue weighted by Gasteiger charge is 2.05. The van der Waals surface area contributed by atoms with Gasteiger partial charge in [-0.25, -0.2) is 4.98 Å². The fourth-order valence-electron chi connectivity index (χ4n) is 2.35. The summed E-state index contributed by atoms with van der Waals surface area (Å²) in [7, 11) is 0. The van der Waals surface area contributed by atoms with E-state index in [0.717, 1.165) is 28.4 Å². The van der Waals surface area contributed by atoms with Crippen LogP contribution in [-0.2, 0) is 6.42 Å². The van der Waals surface area contributed by atoms with Gasteiger partial charge in [0.05, 0.1) is 5.71 Å². The lowest BCUT2D eigenvalue weighted by Gasteiger charge is -2.05. The molecule has 0 aliphatic heterocycles. The topological polar surface area (TPSA) is 47.4 Å². The molecule has 0 unspecified atom stereocenters. The first-order chi connectivity index (χ1) is 11.7. The average Bonchev–Trinajstić information content (AvgIpc) is 2.61. The van der Waals surface area contributed by atoms with Crippen molar-refractivity contribution in [3.05, 3.63) is 89.4 Å². The van der Waals surface area contributed by atoms with E-state index in [4.69, 9.17) is 4.84 Å². The van der Waals surface area contributed by atoms with Gasteiger partial charge in [0.25, 0.3) is 5.88 Å². The molecule has 0 atom stereocenters. The largest absolute Gasteiger partial charge is 0.336 e. The summed E-state index contributed by atoms with van der Waals surface area (Å²) >= 11 is 0. The monoisotopic (exact) mass is 317 g/mol. The van der Waals surface area contributed by atoms with Gasteiger partial charge in [-0.15, -0.1) is 0 Å². The fraction of sp³-hybridized carbons (Fsp3) is 0.150. The highest BCUT2D eigenvalue weighted by atomic mass is 16.6. The predicted octanol–water partition coefficient (Wildman–Crippen LogP) is 4.18. The molecule has 4 nitrogen and oxygen atoms in total. The summed E-state index contributed by atoms with van der Waals surface area (Å²) in [6.45, 7) is 3.84. The minimum absolute atomic E-state index is 0.462. The van der Waals surface area contributed by atoms with E-state index >= 15 is 0 Å². The van der Waals surface area contributed by atoms with Gasteiger partial charge in [-0.3, -0.25) is 0 Å². The van der Waals surface area contributed by atoms with Crippen LogP contribution >= 0.6 is 0 Å². The van der Waals surface area contributed by atoms with E-state index in [9.17, 15) is 0 Å². The van der Waals surface area contributed by atoms with E-state index in [0.29, 0.717) is 12.3 Å². The van der Waals surface area contributed by atoms with Gasteiger partial charge in [0, 0.05) is 18.2 Å². The van der Waals surface area contributed by atoms with E-state index in [1.165, 1.54) is 0 Å². The van der Waals surface area contributed by atoms with Crippen LogP contribution in [0.3, 0.4) is 0 Å². The normalized spacial score (nSPS) is 11.3. The number of nitrogens with zero attached hydrogens (tertiary/aromatic N) is 3. The van der Waals surface area contributed by atoms with Crippen molar-refractivity contribution in [3.63, 3.8) is 0 Å². The maximum Gasteiger partial charge on any atom is 0.252 e. The second-order valence-corrected chi connectivity index (χ2v) is 5.56. The van der Waals surface area contributed by atoms with Crippen LogP contribution in [0.1, 0.15) is 29.6 Å². The summed E-state index contributed by atoms with van der Waals surface area (Å²) < 4.78 is 0. The van der Waals surface area contributed by atoms with Gasteiger partial charge in [-0.05, 0) is 25.0 Å². The van der Waals surface area contributed by atoms with Crippen molar-refractivity contribution in [1.29, 1.82) is 0 Å². The summed E-state index contributed by atoms with van der Waals surface area (Å²) in [5, 5.41) is 4.18. The first-order valence-corrected chi connectivity index (χ1v) is 7.86. The molecule has 0 saturated carbocycles. The molecule has 0 aliphatic rings. The summed E-state index contributed by atoms with van der Waals surface area (Å²) in [6.07, 6.45) is 0.667. The lowest BCUT2D eigenvalue weighted by molar-refractivity contribution is 0.325. The third-order valence-electron chi connectivity index (χ3n) is 3.55. The van der Waals surface area contributed by atoms with Crippen LogP contribution in [0.5, 0.6) is 5.88 Å². The zero-order valence-electron chi connectivity index (χ0n) is 13.8. The van der Waals surface area contributed by atoms with Crippen molar-refractivity contribution in [2.45, 2.75) is 20.3 Å². The van der Waals surface area contributed by atoms with Gasteiger partial charge in [0.1, 0.15) is 5.82 Å². The number of oxime groups is 1. The van der Waals surface area contributed by atoms with Gasteiger partial charge < -0.3 is 4.84 Å². The van der Waals surface area contributed by atoms with E-state index in [1.54, 1.807) is 6.07 Å². The van der Waals surface area contributed by atoms with Crippen LogP contribution in [-0.4, -0.2) is 15.7 Å². The molecule has 4 heteroatoms. The standard InChI is InChI=1S/C20H19N3O/c1-15-13-20(24-23-16(2)18-11-7-4-8-12-18)22-19(21-15)14-17-9-5-3-6-10-17/h3-13H,14H2,1-2H3. The Balaban J connectivity index is 1.76. The Labute approximate surface area is 141 Å². The number of aromatic nitrogens is 2. The van der Waals surface area contributed by atoms with E-state index in [1.807, 2.05) is 62.4 Å². The maximum atomic E-state index is 5.52. The molecule has 2 aromatic carbocycles. The van der Waals surface area contributed by atoms with Gasteiger partial charge in [0.2, 0.25) is 0 Å². The molecule has 0 spiro atoms. The van der Waals surface area contributed by atoms with E-state index in [2.05, 4.69) is 27.3 Å². The molecule has 0 saturated heterocycles. The SMILES string of the molecule is CC(=NOc1cc(C)nc(Cc2ccccc2)n1)c1ccccc1. The molecule has 120 valence electrons. The highest BCUT2D eigenvalue weighted by Crippen LogP contribution is 2.13. The molecule has 24 heavy (non-hydrogen) atoms. The molecule has 0 bridgehead atoms. The van der Waals surface area contributed by atoms with Gasteiger partial charge >= 0.3 is 0 Å². The Kier molecular flexibility index (Phi) is 4.96. The number of rotatable bonds is 5. The number of hydrogen-bond acceptors (Lipinski definition) is 4. The first kappa shape index (κ1) is 15.9. The summed E-state index contributed by atoms with van der Waals surface area (Å²) in [5.41, 5.74) is 3.85. The van der Waals surface area contributed by atoms with Crippen LogP contribution in [0.2, 0.25) is 0 Å². The Morgan fingerprint density at radius 3 is 2.33 bits per heavy atom. The van der Waals surface area contributed by atoms with Crippen molar-refractivity contribution < 1.29 is 4.84 Å². The maximum absolute atomic E-state index is 5.52. The van der Waals surface area contributed by atoms with Gasteiger partial charge in [0.15, 0.2) is 0 Å². The first-order valence-electron chi connectivity index (χ1n) is 7.86. The molecule has 0 fully saturated rings. The van der Waals surface area contributed by atoms with Crippen molar-refractivity contribution in [3.8, 4) is 5.88 Å². The smallest absolute Gasteiger partial charge is 0.252 e. The Bertz CT molecular complexity index is 830. The zero-order valence-corrected chi connectivity index (χ0v) is 13.8. The molecular weight excluding hydrogens is 298 g/mol. The Morgan fingerprint density at radius 1 is 0.958 bits per heavy atom. The molecule has 1 aromatic heterocycles. The van der Waals surface area contributed by atoms with Crippen molar-refractivity contribution in [2.75, 3.05) is 0 Å². The average molecular weight is 317 g/mol. The Morgan fingerprint density at radius 2 is 1.62 bits per heavy atom. The second kappa shape index (κ2) is 7.51. The number of aryl methyl sites for hydroxylation is 1. The molecule has 3 aromatic rings.